The Labute approximate surface area is 106 Å². The highest BCUT2D eigenvalue weighted by atomic mass is 28.4. The van der Waals surface area contributed by atoms with Gasteiger partial charge in [-0.15, -0.1) is 0 Å². The molecule has 16 heavy (non-hydrogen) atoms. The summed E-state index contributed by atoms with van der Waals surface area (Å²) in [6.45, 7) is 17.7. The van der Waals surface area contributed by atoms with Gasteiger partial charge in [-0.3, -0.25) is 0 Å². The van der Waals surface area contributed by atoms with Gasteiger partial charge in [0.15, 0.2) is 0 Å². The van der Waals surface area contributed by atoms with Crippen molar-refractivity contribution in [1.29, 1.82) is 0 Å². The summed E-state index contributed by atoms with van der Waals surface area (Å²) in [5, 5.41) is 1.11. The van der Waals surface area contributed by atoms with Crippen molar-refractivity contribution in [3.8, 4) is 0 Å². The van der Waals surface area contributed by atoms with Gasteiger partial charge >= 0.3 is 0 Å². The molecule has 0 aliphatic carbocycles. The zero-order valence-corrected chi connectivity index (χ0v) is 14.8. The van der Waals surface area contributed by atoms with E-state index in [1.807, 2.05) is 0 Å². The van der Waals surface area contributed by atoms with Gasteiger partial charge in [-0.2, -0.15) is 0 Å². The molecule has 0 fully saturated rings. The average Bonchev–Trinajstić information content (AvgIpc) is 2.06. The normalized spacial score (nSPS) is 13.5. The van der Waals surface area contributed by atoms with E-state index in [9.17, 15) is 0 Å². The standard InChI is InChI=1S/C14H34Si2/c1-8-9-10-11-12-13-14(15(2,3)4)16(5,6)7/h14H,8-13H2,1-7H3. The Balaban J connectivity index is 4.06. The van der Waals surface area contributed by atoms with Crippen molar-refractivity contribution in [3.63, 3.8) is 0 Å². The molecule has 0 saturated carbocycles. The van der Waals surface area contributed by atoms with Crippen molar-refractivity contribution in [2.75, 3.05) is 0 Å². The maximum atomic E-state index is 2.57. The molecule has 0 aromatic carbocycles. The smallest absolute Gasteiger partial charge is 0.0447 e. The van der Waals surface area contributed by atoms with Crippen LogP contribution in [-0.4, -0.2) is 16.1 Å². The highest BCUT2D eigenvalue weighted by Gasteiger charge is 2.36. The Kier molecular flexibility index (Phi) is 7.19. The number of hydrogen-bond acceptors (Lipinski definition) is 0. The first kappa shape index (κ1) is 16.4. The summed E-state index contributed by atoms with van der Waals surface area (Å²) in [6, 6.07) is 0. The van der Waals surface area contributed by atoms with Gasteiger partial charge in [0, 0.05) is 16.1 Å². The molecule has 0 unspecified atom stereocenters. The molecule has 0 spiro atoms. The second-order valence-corrected chi connectivity index (χ2v) is 18.9. The van der Waals surface area contributed by atoms with E-state index in [-0.39, 0.29) is 0 Å². The Morgan fingerprint density at radius 1 is 0.688 bits per heavy atom. The van der Waals surface area contributed by atoms with Crippen molar-refractivity contribution in [2.45, 2.75) is 89.9 Å². The first-order chi connectivity index (χ1) is 7.19. The highest BCUT2D eigenvalue weighted by molar-refractivity contribution is 6.96. The van der Waals surface area contributed by atoms with Crippen LogP contribution in [0.4, 0.5) is 0 Å². The zero-order valence-electron chi connectivity index (χ0n) is 12.8. The van der Waals surface area contributed by atoms with Crippen LogP contribution in [0.25, 0.3) is 0 Å². The molecule has 0 N–H and O–H groups in total. The van der Waals surface area contributed by atoms with E-state index in [0.29, 0.717) is 0 Å². The second kappa shape index (κ2) is 7.00. The molecular weight excluding hydrogens is 224 g/mol. The fourth-order valence-electron chi connectivity index (χ4n) is 3.12. The molecule has 0 heterocycles. The molecule has 98 valence electrons. The van der Waals surface area contributed by atoms with Gasteiger partial charge in [0.05, 0.1) is 0 Å². The molecule has 0 aromatic rings. The van der Waals surface area contributed by atoms with Crippen molar-refractivity contribution in [2.24, 2.45) is 0 Å². The molecule has 0 amide bonds. The summed E-state index contributed by atoms with van der Waals surface area (Å²) in [7, 11) is -1.86. The largest absolute Gasteiger partial charge is 0.0696 e. The minimum absolute atomic E-state index is 0.929. The highest BCUT2D eigenvalue weighted by Crippen LogP contribution is 2.36. The Morgan fingerprint density at radius 2 is 1.12 bits per heavy atom. The van der Waals surface area contributed by atoms with Gasteiger partial charge in [-0.25, -0.2) is 0 Å². The lowest BCUT2D eigenvalue weighted by atomic mass is 10.1. The predicted octanol–water partition coefficient (Wildman–Crippen LogP) is 5.93. The molecule has 0 rings (SSSR count). The fraction of sp³-hybridized carbons (Fsp3) is 1.00. The number of rotatable bonds is 8. The summed E-state index contributed by atoms with van der Waals surface area (Å²) in [6.07, 6.45) is 8.74. The minimum atomic E-state index is -0.929. The predicted molar refractivity (Wildman–Crippen MR) is 83.8 cm³/mol. The van der Waals surface area contributed by atoms with Gasteiger partial charge in [0.1, 0.15) is 0 Å². The minimum Gasteiger partial charge on any atom is -0.0696 e. The van der Waals surface area contributed by atoms with Crippen LogP contribution >= 0.6 is 0 Å². The fourth-order valence-corrected chi connectivity index (χ4v) is 15.6. The quantitative estimate of drug-likeness (QED) is 0.374. The van der Waals surface area contributed by atoms with Gasteiger partial charge in [0.2, 0.25) is 0 Å². The van der Waals surface area contributed by atoms with Gasteiger partial charge in [-0.05, 0) is 0 Å². The van der Waals surface area contributed by atoms with Crippen molar-refractivity contribution in [1.82, 2.24) is 0 Å². The van der Waals surface area contributed by atoms with Crippen LogP contribution in [0.1, 0.15) is 45.4 Å². The molecule has 0 aliphatic heterocycles. The molecule has 0 bridgehead atoms. The third kappa shape index (κ3) is 6.90. The molecular formula is C14H34Si2. The van der Waals surface area contributed by atoms with Crippen LogP contribution in [0.2, 0.25) is 44.4 Å². The van der Waals surface area contributed by atoms with E-state index < -0.39 is 16.1 Å². The van der Waals surface area contributed by atoms with E-state index in [1.54, 1.807) is 0 Å². The third-order valence-electron chi connectivity index (χ3n) is 3.69. The topological polar surface area (TPSA) is 0 Å². The summed E-state index contributed by atoms with van der Waals surface area (Å²) in [4.78, 5) is 0. The second-order valence-electron chi connectivity index (χ2n) is 7.49. The Bertz CT molecular complexity index is 160. The van der Waals surface area contributed by atoms with Crippen molar-refractivity contribution < 1.29 is 0 Å². The first-order valence-corrected chi connectivity index (χ1v) is 14.3. The molecule has 0 atom stereocenters. The molecule has 0 aromatic heterocycles. The van der Waals surface area contributed by atoms with E-state index in [2.05, 4.69) is 46.2 Å². The van der Waals surface area contributed by atoms with Crippen LogP contribution in [0.3, 0.4) is 0 Å². The SMILES string of the molecule is CCCCCCCC([Si](C)(C)C)[Si](C)(C)C. The molecule has 0 radical (unpaired) electrons. The third-order valence-corrected chi connectivity index (χ3v) is 13.6. The first-order valence-electron chi connectivity index (χ1n) is 7.19. The summed E-state index contributed by atoms with van der Waals surface area (Å²) in [5.41, 5.74) is 0. The Hall–Kier alpha value is 0.434. The van der Waals surface area contributed by atoms with E-state index in [0.717, 1.165) is 5.16 Å². The van der Waals surface area contributed by atoms with Crippen molar-refractivity contribution >= 4 is 16.1 Å². The molecule has 2 heteroatoms. The summed E-state index contributed by atoms with van der Waals surface area (Å²) < 4.78 is 0. The van der Waals surface area contributed by atoms with E-state index in [4.69, 9.17) is 0 Å². The zero-order chi connectivity index (χ0) is 12.8. The van der Waals surface area contributed by atoms with Gasteiger partial charge in [0.25, 0.3) is 0 Å². The van der Waals surface area contributed by atoms with Gasteiger partial charge < -0.3 is 0 Å². The van der Waals surface area contributed by atoms with E-state index in [1.165, 1.54) is 38.5 Å². The average molecular weight is 259 g/mol. The van der Waals surface area contributed by atoms with Crippen LogP contribution in [-0.2, 0) is 0 Å². The maximum absolute atomic E-state index is 2.57. The molecule has 0 saturated heterocycles. The van der Waals surface area contributed by atoms with Crippen LogP contribution in [0, 0.1) is 0 Å². The summed E-state index contributed by atoms with van der Waals surface area (Å²) >= 11 is 0. The monoisotopic (exact) mass is 258 g/mol. The van der Waals surface area contributed by atoms with Crippen molar-refractivity contribution in [3.05, 3.63) is 0 Å². The molecule has 0 nitrogen and oxygen atoms in total. The number of hydrogen-bond donors (Lipinski definition) is 0. The lowest BCUT2D eigenvalue weighted by Crippen LogP contribution is -2.43. The number of unbranched alkanes of at least 4 members (excludes halogenated alkanes) is 4. The summed E-state index contributed by atoms with van der Waals surface area (Å²) in [5.74, 6) is 0. The van der Waals surface area contributed by atoms with Crippen LogP contribution < -0.4 is 0 Å². The van der Waals surface area contributed by atoms with Crippen LogP contribution in [0.15, 0.2) is 0 Å². The van der Waals surface area contributed by atoms with Crippen LogP contribution in [0.5, 0.6) is 0 Å². The lowest BCUT2D eigenvalue weighted by Gasteiger charge is -2.38. The Morgan fingerprint density at radius 3 is 1.50 bits per heavy atom. The molecule has 0 aliphatic rings. The van der Waals surface area contributed by atoms with Gasteiger partial charge in [-0.1, -0.05) is 89.9 Å². The maximum Gasteiger partial charge on any atom is 0.0447 e. The van der Waals surface area contributed by atoms with E-state index >= 15 is 0 Å². The lowest BCUT2D eigenvalue weighted by molar-refractivity contribution is 0.612.